The molecule has 0 fully saturated rings. The summed E-state index contributed by atoms with van der Waals surface area (Å²) in [5, 5.41) is 10.1. The van der Waals surface area contributed by atoms with Crippen molar-refractivity contribution in [2.24, 2.45) is 0 Å². The van der Waals surface area contributed by atoms with E-state index in [1.807, 2.05) is 0 Å². The summed E-state index contributed by atoms with van der Waals surface area (Å²) >= 11 is 0. The van der Waals surface area contributed by atoms with Crippen molar-refractivity contribution in [3.05, 3.63) is 0 Å². The molecule has 0 radical (unpaired) electrons. The summed E-state index contributed by atoms with van der Waals surface area (Å²) in [7, 11) is 0. The molecule has 0 heterocycles. The van der Waals surface area contributed by atoms with Crippen LogP contribution in [0, 0.1) is 0 Å². The number of unbranched alkanes of at least 4 members (excludes halogenated alkanes) is 7. The second-order valence-corrected chi connectivity index (χ2v) is 3.60. The number of rotatable bonds is 9. The van der Waals surface area contributed by atoms with Crippen LogP contribution in [0.3, 0.4) is 0 Å². The molecule has 0 saturated heterocycles. The topological polar surface area (TPSA) is 100 Å². The molecule has 0 aliphatic rings. The first-order chi connectivity index (χ1) is 6.27. The van der Waals surface area contributed by atoms with Crippen LogP contribution in [0.5, 0.6) is 0 Å². The third-order valence-electron chi connectivity index (χ3n) is 2.23. The Balaban J connectivity index is -0.000000240. The van der Waals surface area contributed by atoms with Crippen molar-refractivity contribution < 1.29 is 20.9 Å². The van der Waals surface area contributed by atoms with Crippen LogP contribution >= 0.6 is 0 Å². The smallest absolute Gasteiger partial charge is 0.870 e. The van der Waals surface area contributed by atoms with Gasteiger partial charge in [0, 0.05) is 5.97 Å². The molecule has 0 aromatic carbocycles. The summed E-state index contributed by atoms with van der Waals surface area (Å²) < 4.78 is 0. The summed E-state index contributed by atoms with van der Waals surface area (Å²) in [6.45, 7) is 2.21. The zero-order valence-corrected chi connectivity index (χ0v) is 11.3. The first-order valence-electron chi connectivity index (χ1n) is 5.47. The van der Waals surface area contributed by atoms with Crippen LogP contribution < -0.4 is 5.11 Å². The molecular weight excluding hydrogens is 223 g/mol. The van der Waals surface area contributed by atoms with Crippen molar-refractivity contribution in [2.75, 3.05) is 0 Å². The van der Waals surface area contributed by atoms with Gasteiger partial charge in [-0.1, -0.05) is 51.9 Å². The van der Waals surface area contributed by atoms with Gasteiger partial charge in [-0.25, -0.2) is 0 Å². The van der Waals surface area contributed by atoms with Crippen molar-refractivity contribution in [2.45, 2.75) is 64.7 Å². The fourth-order valence-electron chi connectivity index (χ4n) is 1.40. The standard InChI is InChI=1S/C11H22O2.Al.2H2O/c1-2-3-4-5-6-7-8-9-10-11(12)13;;;/h2-10H2,1H3,(H,12,13);;2*1H2/q;+3;;/p-3. The van der Waals surface area contributed by atoms with Crippen LogP contribution in [0.25, 0.3) is 0 Å². The van der Waals surface area contributed by atoms with E-state index in [4.69, 9.17) is 0 Å². The molecule has 0 amide bonds. The number of hydrogen-bond donors (Lipinski definition) is 0. The van der Waals surface area contributed by atoms with Gasteiger partial charge in [0.2, 0.25) is 0 Å². The zero-order valence-electron chi connectivity index (χ0n) is 10.2. The van der Waals surface area contributed by atoms with Gasteiger partial charge in [0.05, 0.1) is 0 Å². The van der Waals surface area contributed by atoms with Gasteiger partial charge in [0.25, 0.3) is 0 Å². The Morgan fingerprint density at radius 1 is 0.875 bits per heavy atom. The number of carbonyl (C=O) groups excluding carboxylic acids is 1. The minimum absolute atomic E-state index is 0. The molecule has 94 valence electrons. The summed E-state index contributed by atoms with van der Waals surface area (Å²) in [6, 6.07) is 0. The van der Waals surface area contributed by atoms with E-state index >= 15 is 0 Å². The van der Waals surface area contributed by atoms with Crippen molar-refractivity contribution in [3.63, 3.8) is 0 Å². The predicted molar refractivity (Wildman–Crippen MR) is 61.9 cm³/mol. The van der Waals surface area contributed by atoms with Crippen molar-refractivity contribution >= 4 is 23.3 Å². The fourth-order valence-corrected chi connectivity index (χ4v) is 1.40. The van der Waals surface area contributed by atoms with Crippen LogP contribution in [0.15, 0.2) is 0 Å². The summed E-state index contributed by atoms with van der Waals surface area (Å²) in [5.41, 5.74) is 0. The van der Waals surface area contributed by atoms with Gasteiger partial charge >= 0.3 is 17.4 Å². The molecule has 0 rings (SSSR count). The molecule has 0 bridgehead atoms. The van der Waals surface area contributed by atoms with E-state index in [0.717, 1.165) is 12.8 Å². The normalized spacial score (nSPS) is 8.31. The molecule has 0 atom stereocenters. The Hall–Kier alpha value is -0.0775. The fraction of sp³-hybridized carbons (Fsp3) is 0.909. The second kappa shape index (κ2) is 20.3. The van der Waals surface area contributed by atoms with Gasteiger partial charge in [0.15, 0.2) is 0 Å². The number of carboxylic acids is 1. The zero-order chi connectivity index (χ0) is 9.94. The van der Waals surface area contributed by atoms with E-state index < -0.39 is 5.97 Å². The number of carboxylic acid groups (broad SMARTS) is 1. The number of aliphatic carboxylic acids is 1. The molecule has 0 saturated carbocycles. The summed E-state index contributed by atoms with van der Waals surface area (Å²) in [5.74, 6) is -0.911. The molecule has 0 unspecified atom stereocenters. The van der Waals surface area contributed by atoms with Gasteiger partial charge in [-0.3, -0.25) is 0 Å². The molecule has 0 aliphatic heterocycles. The maximum absolute atomic E-state index is 10.1. The first-order valence-corrected chi connectivity index (χ1v) is 5.47. The van der Waals surface area contributed by atoms with E-state index in [1.165, 1.54) is 38.5 Å². The quantitative estimate of drug-likeness (QED) is 0.454. The summed E-state index contributed by atoms with van der Waals surface area (Å²) in [4.78, 5) is 10.1. The maximum atomic E-state index is 10.1. The van der Waals surface area contributed by atoms with Crippen LogP contribution in [0.2, 0.25) is 0 Å². The monoisotopic (exact) mass is 246 g/mol. The molecule has 0 spiro atoms. The van der Waals surface area contributed by atoms with E-state index in [-0.39, 0.29) is 34.7 Å². The van der Waals surface area contributed by atoms with Crippen molar-refractivity contribution in [3.8, 4) is 0 Å². The largest absolute Gasteiger partial charge is 3.00 e. The number of hydrogen-bond acceptors (Lipinski definition) is 4. The van der Waals surface area contributed by atoms with E-state index in [2.05, 4.69) is 6.92 Å². The average Bonchev–Trinajstić information content (AvgIpc) is 2.09. The van der Waals surface area contributed by atoms with Gasteiger partial charge in [-0.2, -0.15) is 0 Å². The molecule has 0 aliphatic carbocycles. The Bertz CT molecular complexity index is 131. The van der Waals surface area contributed by atoms with E-state index in [0.29, 0.717) is 0 Å². The third-order valence-corrected chi connectivity index (χ3v) is 2.23. The maximum Gasteiger partial charge on any atom is 3.00 e. The molecule has 16 heavy (non-hydrogen) atoms. The molecule has 5 heteroatoms. The Morgan fingerprint density at radius 2 is 1.25 bits per heavy atom. The van der Waals surface area contributed by atoms with E-state index in [9.17, 15) is 9.90 Å². The minimum Gasteiger partial charge on any atom is -0.870 e. The van der Waals surface area contributed by atoms with Crippen LogP contribution in [0.4, 0.5) is 0 Å². The second-order valence-electron chi connectivity index (χ2n) is 3.60. The van der Waals surface area contributed by atoms with Gasteiger partial charge in [0.1, 0.15) is 0 Å². The van der Waals surface area contributed by atoms with Crippen LogP contribution in [-0.2, 0) is 4.79 Å². The molecule has 4 nitrogen and oxygen atoms in total. The summed E-state index contributed by atoms with van der Waals surface area (Å²) in [6.07, 6.45) is 9.75. The SMILES string of the molecule is CCCCCCCCCCC(=O)[O-].[Al+3].[OH-].[OH-]. The first kappa shape index (κ1) is 24.9. The molecule has 0 aromatic heterocycles. The Kier molecular flexibility index (Phi) is 31.7. The predicted octanol–water partition coefficient (Wildman–Crippen LogP) is 1.53. The van der Waals surface area contributed by atoms with Crippen molar-refractivity contribution in [1.82, 2.24) is 0 Å². The minimum atomic E-state index is -0.911. The van der Waals surface area contributed by atoms with E-state index in [1.54, 1.807) is 0 Å². The van der Waals surface area contributed by atoms with Crippen molar-refractivity contribution in [1.29, 1.82) is 0 Å². The molecule has 0 aromatic rings. The van der Waals surface area contributed by atoms with Crippen LogP contribution in [0.1, 0.15) is 64.7 Å². The van der Waals surface area contributed by atoms with Crippen LogP contribution in [-0.4, -0.2) is 34.3 Å². The molecule has 2 N–H and O–H groups in total. The third kappa shape index (κ3) is 23.6. The molecular formula is C11H23AlO4. The average molecular weight is 246 g/mol. The van der Waals surface area contributed by atoms with Gasteiger partial charge in [-0.15, -0.1) is 0 Å². The Morgan fingerprint density at radius 3 is 1.62 bits per heavy atom. The number of carbonyl (C=O) groups is 1. The van der Waals surface area contributed by atoms with Gasteiger partial charge < -0.3 is 20.9 Å². The Labute approximate surface area is 109 Å². The van der Waals surface area contributed by atoms with Gasteiger partial charge in [-0.05, 0) is 12.8 Å².